The van der Waals surface area contributed by atoms with E-state index in [-0.39, 0.29) is 0 Å². The van der Waals surface area contributed by atoms with Crippen LogP contribution in [-0.4, -0.2) is 22.4 Å². The molecule has 0 aliphatic heterocycles. The zero-order chi connectivity index (χ0) is 13.1. The quantitative estimate of drug-likeness (QED) is 0.792. The molecular weight excluding hydrogens is 234 g/mol. The lowest BCUT2D eigenvalue weighted by molar-refractivity contribution is -0.142. The number of aryl methyl sites for hydroxylation is 2. The molecule has 0 spiro atoms. The standard InChI is InChI=1S/C13H19NO2S/c1-9-4-5-10(2)11(8-9)17-7-6-13(3,14)12(15)16/h4-5,8H,6-7,14H2,1-3H3,(H,15,16). The topological polar surface area (TPSA) is 63.3 Å². The molecule has 0 aromatic heterocycles. The molecule has 0 fully saturated rings. The predicted molar refractivity (Wildman–Crippen MR) is 71.5 cm³/mol. The molecule has 0 heterocycles. The number of rotatable bonds is 5. The smallest absolute Gasteiger partial charge is 0.323 e. The summed E-state index contributed by atoms with van der Waals surface area (Å²) in [5, 5.41) is 8.90. The van der Waals surface area contributed by atoms with Crippen molar-refractivity contribution in [3.05, 3.63) is 29.3 Å². The Kier molecular flexibility index (Phi) is 4.60. The van der Waals surface area contributed by atoms with Gasteiger partial charge in [0.15, 0.2) is 0 Å². The third-order valence-corrected chi connectivity index (χ3v) is 3.87. The number of hydrogen-bond donors (Lipinski definition) is 2. The lowest BCUT2D eigenvalue weighted by atomic mass is 10.0. The Balaban J connectivity index is 2.57. The van der Waals surface area contributed by atoms with Crippen LogP contribution in [0.1, 0.15) is 24.5 Å². The van der Waals surface area contributed by atoms with Crippen LogP contribution in [0.2, 0.25) is 0 Å². The van der Waals surface area contributed by atoms with Crippen LogP contribution < -0.4 is 5.73 Å². The summed E-state index contributed by atoms with van der Waals surface area (Å²) < 4.78 is 0. The summed E-state index contributed by atoms with van der Waals surface area (Å²) in [7, 11) is 0. The first-order valence-corrected chi connectivity index (χ1v) is 6.54. The average molecular weight is 253 g/mol. The van der Waals surface area contributed by atoms with Gasteiger partial charge < -0.3 is 10.8 Å². The van der Waals surface area contributed by atoms with E-state index >= 15 is 0 Å². The molecule has 1 aromatic rings. The molecular formula is C13H19NO2S. The fraction of sp³-hybridized carbons (Fsp3) is 0.462. The summed E-state index contributed by atoms with van der Waals surface area (Å²) in [6.45, 7) is 5.66. The van der Waals surface area contributed by atoms with Gasteiger partial charge in [-0.3, -0.25) is 4.79 Å². The van der Waals surface area contributed by atoms with Gasteiger partial charge in [-0.2, -0.15) is 0 Å². The van der Waals surface area contributed by atoms with Crippen molar-refractivity contribution in [3.63, 3.8) is 0 Å². The molecule has 1 atom stereocenters. The minimum absolute atomic E-state index is 0.459. The Hall–Kier alpha value is -1.00. The zero-order valence-electron chi connectivity index (χ0n) is 10.5. The van der Waals surface area contributed by atoms with Crippen molar-refractivity contribution in [2.45, 2.75) is 37.6 Å². The van der Waals surface area contributed by atoms with Gasteiger partial charge in [0.05, 0.1) is 0 Å². The predicted octanol–water partition coefficient (Wildman–Crippen LogP) is 2.59. The van der Waals surface area contributed by atoms with Crippen molar-refractivity contribution in [2.75, 3.05) is 5.75 Å². The third kappa shape index (κ3) is 4.06. The van der Waals surface area contributed by atoms with E-state index in [4.69, 9.17) is 10.8 Å². The molecule has 0 aliphatic carbocycles. The van der Waals surface area contributed by atoms with Crippen molar-refractivity contribution in [1.82, 2.24) is 0 Å². The Morgan fingerprint density at radius 3 is 2.71 bits per heavy atom. The molecule has 0 bridgehead atoms. The fourth-order valence-electron chi connectivity index (χ4n) is 1.34. The molecule has 4 heteroatoms. The fourth-order valence-corrected chi connectivity index (χ4v) is 2.65. The average Bonchev–Trinajstić information content (AvgIpc) is 2.22. The van der Waals surface area contributed by atoms with Crippen molar-refractivity contribution >= 4 is 17.7 Å². The van der Waals surface area contributed by atoms with Gasteiger partial charge in [0, 0.05) is 10.6 Å². The molecule has 3 N–H and O–H groups in total. The molecule has 1 unspecified atom stereocenters. The molecule has 17 heavy (non-hydrogen) atoms. The highest BCUT2D eigenvalue weighted by atomic mass is 32.2. The van der Waals surface area contributed by atoms with Crippen LogP contribution in [0.25, 0.3) is 0 Å². The number of carboxylic acid groups (broad SMARTS) is 1. The number of thioether (sulfide) groups is 1. The lowest BCUT2D eigenvalue weighted by Gasteiger charge is -2.18. The van der Waals surface area contributed by atoms with Gasteiger partial charge in [-0.05, 0) is 38.8 Å². The first-order chi connectivity index (χ1) is 7.83. The summed E-state index contributed by atoms with van der Waals surface area (Å²) >= 11 is 1.66. The maximum Gasteiger partial charge on any atom is 0.323 e. The number of benzene rings is 1. The highest BCUT2D eigenvalue weighted by Crippen LogP contribution is 2.25. The number of hydrogen-bond acceptors (Lipinski definition) is 3. The Labute approximate surface area is 106 Å². The number of aliphatic carboxylic acids is 1. The van der Waals surface area contributed by atoms with E-state index in [1.54, 1.807) is 18.7 Å². The van der Waals surface area contributed by atoms with Crippen molar-refractivity contribution in [2.24, 2.45) is 5.73 Å². The molecule has 1 rings (SSSR count). The number of nitrogens with two attached hydrogens (primary N) is 1. The first-order valence-electron chi connectivity index (χ1n) is 5.55. The van der Waals surface area contributed by atoms with Crippen LogP contribution in [-0.2, 0) is 4.79 Å². The van der Waals surface area contributed by atoms with E-state index in [1.807, 2.05) is 6.92 Å². The highest BCUT2D eigenvalue weighted by molar-refractivity contribution is 7.99. The molecule has 0 aliphatic rings. The molecule has 0 amide bonds. The Morgan fingerprint density at radius 1 is 1.47 bits per heavy atom. The summed E-state index contributed by atoms with van der Waals surface area (Å²) in [4.78, 5) is 12.1. The monoisotopic (exact) mass is 253 g/mol. The maximum absolute atomic E-state index is 10.9. The normalized spacial score (nSPS) is 14.4. The summed E-state index contributed by atoms with van der Waals surface area (Å²) in [6, 6.07) is 6.27. The van der Waals surface area contributed by atoms with Crippen LogP contribution in [0, 0.1) is 13.8 Å². The Morgan fingerprint density at radius 2 is 2.12 bits per heavy atom. The largest absolute Gasteiger partial charge is 0.480 e. The van der Waals surface area contributed by atoms with Gasteiger partial charge in [0.25, 0.3) is 0 Å². The third-order valence-electron chi connectivity index (χ3n) is 2.71. The Bertz CT molecular complexity index is 416. The van der Waals surface area contributed by atoms with Gasteiger partial charge in [-0.15, -0.1) is 11.8 Å². The van der Waals surface area contributed by atoms with Crippen molar-refractivity contribution < 1.29 is 9.90 Å². The second kappa shape index (κ2) is 5.56. The second-order valence-electron chi connectivity index (χ2n) is 4.59. The number of carbonyl (C=O) groups is 1. The van der Waals surface area contributed by atoms with Crippen LogP contribution in [0.5, 0.6) is 0 Å². The van der Waals surface area contributed by atoms with Gasteiger partial charge in [0.2, 0.25) is 0 Å². The molecule has 1 aromatic carbocycles. The minimum atomic E-state index is -1.13. The van der Waals surface area contributed by atoms with E-state index in [9.17, 15) is 4.79 Å². The second-order valence-corrected chi connectivity index (χ2v) is 5.73. The van der Waals surface area contributed by atoms with E-state index in [1.165, 1.54) is 16.0 Å². The van der Waals surface area contributed by atoms with E-state index < -0.39 is 11.5 Å². The molecule has 0 saturated heterocycles. The summed E-state index contributed by atoms with van der Waals surface area (Å²) in [5.41, 5.74) is 6.98. The molecule has 0 saturated carbocycles. The molecule has 3 nitrogen and oxygen atoms in total. The lowest BCUT2D eigenvalue weighted by Crippen LogP contribution is -2.45. The van der Waals surface area contributed by atoms with E-state index in [0.717, 1.165) is 0 Å². The van der Waals surface area contributed by atoms with Crippen molar-refractivity contribution in [1.29, 1.82) is 0 Å². The van der Waals surface area contributed by atoms with Crippen LogP contribution in [0.15, 0.2) is 23.1 Å². The summed E-state index contributed by atoms with van der Waals surface area (Å²) in [6.07, 6.45) is 0.459. The molecule has 94 valence electrons. The summed E-state index contributed by atoms with van der Waals surface area (Å²) in [5.74, 6) is -0.233. The van der Waals surface area contributed by atoms with Crippen LogP contribution >= 0.6 is 11.8 Å². The highest BCUT2D eigenvalue weighted by Gasteiger charge is 2.27. The molecule has 0 radical (unpaired) electrons. The zero-order valence-corrected chi connectivity index (χ0v) is 11.3. The number of carboxylic acids is 1. The first kappa shape index (κ1) is 14.1. The maximum atomic E-state index is 10.9. The van der Waals surface area contributed by atoms with Gasteiger partial charge in [0.1, 0.15) is 5.54 Å². The minimum Gasteiger partial charge on any atom is -0.480 e. The van der Waals surface area contributed by atoms with Crippen LogP contribution in [0.3, 0.4) is 0 Å². The van der Waals surface area contributed by atoms with E-state index in [2.05, 4.69) is 25.1 Å². The van der Waals surface area contributed by atoms with Gasteiger partial charge >= 0.3 is 5.97 Å². The van der Waals surface area contributed by atoms with E-state index in [0.29, 0.717) is 12.2 Å². The van der Waals surface area contributed by atoms with Gasteiger partial charge in [-0.25, -0.2) is 0 Å². The van der Waals surface area contributed by atoms with Gasteiger partial charge in [-0.1, -0.05) is 17.7 Å². The van der Waals surface area contributed by atoms with Crippen LogP contribution in [0.4, 0.5) is 0 Å². The van der Waals surface area contributed by atoms with Crippen molar-refractivity contribution in [3.8, 4) is 0 Å². The SMILES string of the molecule is Cc1ccc(C)c(SCCC(C)(N)C(=O)O)c1.